The molecule has 0 atom stereocenters. The van der Waals surface area contributed by atoms with Gasteiger partial charge in [0.25, 0.3) is 17.4 Å². The van der Waals surface area contributed by atoms with Gasteiger partial charge in [-0.25, -0.2) is 0 Å². The number of amides is 2. The van der Waals surface area contributed by atoms with E-state index in [0.717, 1.165) is 0 Å². The topological polar surface area (TPSA) is 71.4 Å². The van der Waals surface area contributed by atoms with Crippen molar-refractivity contribution in [3.05, 3.63) is 62.0 Å². The lowest BCUT2D eigenvalue weighted by molar-refractivity contribution is 0.0826. The van der Waals surface area contributed by atoms with Crippen LogP contribution in [0.25, 0.3) is 0 Å². The predicted octanol–water partition coefficient (Wildman–Crippen LogP) is 2.65. The average molecular weight is 368 g/mol. The third kappa shape index (κ3) is 3.77. The van der Waals surface area contributed by atoms with Crippen molar-refractivity contribution >= 4 is 40.7 Å². The van der Waals surface area contributed by atoms with Crippen LogP contribution in [-0.4, -0.2) is 35.4 Å². The van der Waals surface area contributed by atoms with Crippen LogP contribution in [0.1, 0.15) is 20.7 Å². The second-order valence-electron chi connectivity index (χ2n) is 5.34. The van der Waals surface area contributed by atoms with Gasteiger partial charge in [0.2, 0.25) is 0 Å². The number of hydrogen-bond donors (Lipinski definition) is 1. The van der Waals surface area contributed by atoms with E-state index in [1.54, 1.807) is 14.1 Å². The number of hydrogen-bond acceptors (Lipinski definition) is 3. The summed E-state index contributed by atoms with van der Waals surface area (Å²) in [5.41, 5.74) is -0.00276. The number of nitrogens with one attached hydrogen (secondary N) is 1. The molecule has 24 heavy (non-hydrogen) atoms. The lowest BCUT2D eigenvalue weighted by atomic mass is 10.2. The highest BCUT2D eigenvalue weighted by Crippen LogP contribution is 2.21. The van der Waals surface area contributed by atoms with Crippen LogP contribution in [0.3, 0.4) is 0 Å². The summed E-state index contributed by atoms with van der Waals surface area (Å²) in [5.74, 6) is -0.853. The Labute approximate surface area is 148 Å². The lowest BCUT2D eigenvalue weighted by Crippen LogP contribution is -2.28. The molecule has 0 unspecified atom stereocenters. The summed E-state index contributed by atoms with van der Waals surface area (Å²) in [6.45, 7) is 0. The van der Waals surface area contributed by atoms with Gasteiger partial charge in [0.1, 0.15) is 5.69 Å². The van der Waals surface area contributed by atoms with Crippen molar-refractivity contribution in [1.29, 1.82) is 0 Å². The van der Waals surface area contributed by atoms with E-state index in [2.05, 4.69) is 5.32 Å². The molecule has 0 fully saturated rings. The van der Waals surface area contributed by atoms with E-state index < -0.39 is 11.5 Å². The number of aryl methyl sites for hydroxylation is 1. The predicted molar refractivity (Wildman–Crippen MR) is 94.1 cm³/mol. The third-order valence-electron chi connectivity index (χ3n) is 3.26. The summed E-state index contributed by atoms with van der Waals surface area (Å²) in [7, 11) is 4.69. The van der Waals surface area contributed by atoms with E-state index >= 15 is 0 Å². The standard InChI is InChI=1S/C16H15Cl2N3O3/c1-20(2)15(23)9-6-13(16(24)21(3)8-9)19-14(22)11-5-4-10(17)7-12(11)18/h4-8H,1-3H3,(H,19,22). The fraction of sp³-hybridized carbons (Fsp3) is 0.188. The average Bonchev–Trinajstić information content (AvgIpc) is 2.50. The summed E-state index contributed by atoms with van der Waals surface area (Å²) < 4.78 is 1.23. The molecule has 0 bridgehead atoms. The summed E-state index contributed by atoms with van der Waals surface area (Å²) >= 11 is 11.8. The number of rotatable bonds is 3. The van der Waals surface area contributed by atoms with Gasteiger partial charge in [-0.15, -0.1) is 0 Å². The van der Waals surface area contributed by atoms with Crippen molar-refractivity contribution in [2.75, 3.05) is 19.4 Å². The van der Waals surface area contributed by atoms with Gasteiger partial charge in [-0.2, -0.15) is 0 Å². The molecule has 0 aliphatic heterocycles. The quantitative estimate of drug-likeness (QED) is 0.906. The molecule has 0 saturated carbocycles. The second-order valence-corrected chi connectivity index (χ2v) is 6.18. The van der Waals surface area contributed by atoms with Gasteiger partial charge in [-0.05, 0) is 24.3 Å². The third-order valence-corrected chi connectivity index (χ3v) is 3.81. The Morgan fingerprint density at radius 1 is 1.17 bits per heavy atom. The van der Waals surface area contributed by atoms with Crippen LogP contribution in [0.2, 0.25) is 10.0 Å². The molecule has 1 aromatic heterocycles. The minimum atomic E-state index is -0.566. The van der Waals surface area contributed by atoms with Crippen LogP contribution in [0.4, 0.5) is 5.69 Å². The van der Waals surface area contributed by atoms with E-state index in [9.17, 15) is 14.4 Å². The van der Waals surface area contributed by atoms with Gasteiger partial charge < -0.3 is 14.8 Å². The van der Waals surface area contributed by atoms with Gasteiger partial charge >= 0.3 is 0 Å². The maximum Gasteiger partial charge on any atom is 0.274 e. The number of benzene rings is 1. The van der Waals surface area contributed by atoms with E-state index in [4.69, 9.17) is 23.2 Å². The summed E-state index contributed by atoms with van der Waals surface area (Å²) in [5, 5.41) is 3.05. The molecule has 1 aromatic carbocycles. The van der Waals surface area contributed by atoms with Crippen LogP contribution in [0.15, 0.2) is 35.3 Å². The zero-order chi connectivity index (χ0) is 18.0. The number of halogens is 2. The minimum absolute atomic E-state index is 0.0128. The number of carbonyl (C=O) groups excluding carboxylic acids is 2. The zero-order valence-corrected chi connectivity index (χ0v) is 14.8. The highest BCUT2D eigenvalue weighted by molar-refractivity contribution is 6.37. The van der Waals surface area contributed by atoms with Gasteiger partial charge in [-0.3, -0.25) is 14.4 Å². The van der Waals surface area contributed by atoms with Crippen molar-refractivity contribution in [3.63, 3.8) is 0 Å². The first-order chi connectivity index (χ1) is 11.2. The normalized spacial score (nSPS) is 10.4. The smallest absolute Gasteiger partial charge is 0.274 e. The molecule has 0 aliphatic rings. The van der Waals surface area contributed by atoms with E-state index in [0.29, 0.717) is 5.02 Å². The van der Waals surface area contributed by atoms with Crippen molar-refractivity contribution in [1.82, 2.24) is 9.47 Å². The first-order valence-corrected chi connectivity index (χ1v) is 7.65. The molecule has 6 nitrogen and oxygen atoms in total. The second kappa shape index (κ2) is 7.07. The van der Waals surface area contributed by atoms with E-state index in [1.165, 1.54) is 47.0 Å². The maximum absolute atomic E-state index is 12.3. The Balaban J connectivity index is 2.40. The molecule has 0 radical (unpaired) electrons. The van der Waals surface area contributed by atoms with E-state index in [-0.39, 0.29) is 27.7 Å². The van der Waals surface area contributed by atoms with Gasteiger partial charge in [0, 0.05) is 32.4 Å². The molecule has 2 aromatic rings. The number of aromatic nitrogens is 1. The molecule has 2 rings (SSSR count). The van der Waals surface area contributed by atoms with Crippen LogP contribution in [0.5, 0.6) is 0 Å². The first-order valence-electron chi connectivity index (χ1n) is 6.89. The molecule has 1 heterocycles. The molecule has 2 amide bonds. The Hall–Kier alpha value is -2.31. The molecule has 8 heteroatoms. The van der Waals surface area contributed by atoms with Gasteiger partial charge in [0.15, 0.2) is 0 Å². The number of anilines is 1. The number of pyridine rings is 1. The molecule has 1 N–H and O–H groups in total. The van der Waals surface area contributed by atoms with Gasteiger partial charge in [-0.1, -0.05) is 23.2 Å². The summed E-state index contributed by atoms with van der Waals surface area (Å²) in [6.07, 6.45) is 1.41. The zero-order valence-electron chi connectivity index (χ0n) is 13.3. The fourth-order valence-electron chi connectivity index (χ4n) is 2.04. The maximum atomic E-state index is 12.3. The van der Waals surface area contributed by atoms with Crippen molar-refractivity contribution in [3.8, 4) is 0 Å². The number of carbonyl (C=O) groups is 2. The highest BCUT2D eigenvalue weighted by Gasteiger charge is 2.16. The summed E-state index contributed by atoms with van der Waals surface area (Å²) in [6, 6.07) is 5.75. The summed E-state index contributed by atoms with van der Waals surface area (Å²) in [4.78, 5) is 38.0. The highest BCUT2D eigenvalue weighted by atomic mass is 35.5. The molecule has 0 spiro atoms. The SMILES string of the molecule is CN(C)C(=O)c1cc(NC(=O)c2ccc(Cl)cc2Cl)c(=O)n(C)c1. The van der Waals surface area contributed by atoms with Crippen LogP contribution < -0.4 is 10.9 Å². The first kappa shape index (κ1) is 18.0. The lowest BCUT2D eigenvalue weighted by Gasteiger charge is -2.13. The fourth-order valence-corrected chi connectivity index (χ4v) is 2.53. The van der Waals surface area contributed by atoms with Crippen LogP contribution >= 0.6 is 23.2 Å². The van der Waals surface area contributed by atoms with Crippen molar-refractivity contribution < 1.29 is 9.59 Å². The Morgan fingerprint density at radius 2 is 1.83 bits per heavy atom. The molecule has 0 aliphatic carbocycles. The molecular formula is C16H15Cl2N3O3. The molecule has 126 valence electrons. The number of nitrogens with zero attached hydrogens (tertiary/aromatic N) is 2. The molecule has 0 saturated heterocycles. The largest absolute Gasteiger partial charge is 0.345 e. The van der Waals surface area contributed by atoms with Crippen molar-refractivity contribution in [2.45, 2.75) is 0 Å². The minimum Gasteiger partial charge on any atom is -0.345 e. The van der Waals surface area contributed by atoms with Crippen molar-refractivity contribution in [2.24, 2.45) is 7.05 Å². The van der Waals surface area contributed by atoms with Gasteiger partial charge in [0.05, 0.1) is 16.1 Å². The van der Waals surface area contributed by atoms with Crippen LogP contribution in [0, 0.1) is 0 Å². The Kier molecular flexibility index (Phi) is 5.31. The van der Waals surface area contributed by atoms with E-state index in [1.807, 2.05) is 0 Å². The molecular weight excluding hydrogens is 353 g/mol. The van der Waals surface area contributed by atoms with Crippen LogP contribution in [-0.2, 0) is 7.05 Å². The Bertz CT molecular complexity index is 875. The Morgan fingerprint density at radius 3 is 2.42 bits per heavy atom. The monoisotopic (exact) mass is 367 g/mol.